The number of carbonyl (C=O) groups is 2. The molecule has 2 heterocycles. The lowest BCUT2D eigenvalue weighted by Gasteiger charge is -2.19. The summed E-state index contributed by atoms with van der Waals surface area (Å²) in [4.78, 5) is 28.6. The van der Waals surface area contributed by atoms with Gasteiger partial charge in [-0.2, -0.15) is 0 Å². The molecular weight excluding hydrogens is 368 g/mol. The lowest BCUT2D eigenvalue weighted by molar-refractivity contribution is -0.112. The number of nitrogen functional groups attached to an aromatic ring is 1. The zero-order valence-corrected chi connectivity index (χ0v) is 16.4. The van der Waals surface area contributed by atoms with Crippen LogP contribution in [0.5, 0.6) is 0 Å². The topological polar surface area (TPSA) is 87.9 Å². The number of carbonyl (C=O) groups excluding carboxylic acids is 2. The van der Waals surface area contributed by atoms with Crippen molar-refractivity contribution in [2.45, 2.75) is 13.0 Å². The Labute approximate surface area is 169 Å². The van der Waals surface area contributed by atoms with E-state index < -0.39 is 0 Å². The highest BCUT2D eigenvalue weighted by Crippen LogP contribution is 2.39. The minimum absolute atomic E-state index is 0.0618. The second-order valence-corrected chi connectivity index (χ2v) is 7.20. The second-order valence-electron chi connectivity index (χ2n) is 7.20. The van der Waals surface area contributed by atoms with Gasteiger partial charge in [0.25, 0.3) is 5.91 Å². The first kappa shape index (κ1) is 18.9. The maximum atomic E-state index is 12.8. The van der Waals surface area contributed by atoms with Gasteiger partial charge in [0.15, 0.2) is 0 Å². The molecule has 0 bridgehead atoms. The Morgan fingerprint density at radius 1 is 1.17 bits per heavy atom. The van der Waals surface area contributed by atoms with Crippen molar-refractivity contribution in [1.82, 2.24) is 10.2 Å². The summed E-state index contributed by atoms with van der Waals surface area (Å²) in [6.07, 6.45) is 0.199. The fourth-order valence-electron chi connectivity index (χ4n) is 3.73. The Kier molecular flexibility index (Phi) is 5.12. The van der Waals surface area contributed by atoms with Crippen LogP contribution in [-0.2, 0) is 16.1 Å². The van der Waals surface area contributed by atoms with Gasteiger partial charge in [-0.25, -0.2) is 4.79 Å². The van der Waals surface area contributed by atoms with Crippen molar-refractivity contribution in [2.24, 2.45) is 0 Å². The second kappa shape index (κ2) is 7.87. The number of rotatable bonds is 2. The summed E-state index contributed by atoms with van der Waals surface area (Å²) in [5.41, 5.74) is 10.7. The average Bonchev–Trinajstić information content (AvgIpc) is 2.89. The van der Waals surface area contributed by atoms with E-state index in [1.165, 1.54) is 0 Å². The molecule has 3 N–H and O–H groups in total. The number of hydrogen-bond acceptors (Lipinski definition) is 5. The van der Waals surface area contributed by atoms with Crippen molar-refractivity contribution in [3.63, 3.8) is 0 Å². The van der Waals surface area contributed by atoms with E-state index in [0.29, 0.717) is 37.3 Å². The largest absolute Gasteiger partial charge is 0.445 e. The fraction of sp³-hybridized carbons (Fsp3) is 0.273. The molecule has 2 aliphatic rings. The minimum atomic E-state index is -0.346. The van der Waals surface area contributed by atoms with Crippen molar-refractivity contribution < 1.29 is 14.3 Å². The summed E-state index contributed by atoms with van der Waals surface area (Å²) in [5, 5.41) is 3.34. The van der Waals surface area contributed by atoms with Crippen molar-refractivity contribution in [3.05, 3.63) is 65.4 Å². The van der Waals surface area contributed by atoms with E-state index in [2.05, 4.69) is 5.32 Å². The van der Waals surface area contributed by atoms with Gasteiger partial charge in [-0.3, -0.25) is 4.79 Å². The highest BCUT2D eigenvalue weighted by molar-refractivity contribution is 6.33. The molecule has 150 valence electrons. The molecule has 0 atom stereocenters. The quantitative estimate of drug-likeness (QED) is 0.606. The van der Waals surface area contributed by atoms with Crippen LogP contribution in [-0.4, -0.2) is 43.6 Å². The van der Waals surface area contributed by atoms with Crippen LogP contribution in [0.4, 0.5) is 16.2 Å². The van der Waals surface area contributed by atoms with Gasteiger partial charge in [-0.15, -0.1) is 0 Å². The van der Waals surface area contributed by atoms with E-state index in [9.17, 15) is 9.59 Å². The predicted molar refractivity (Wildman–Crippen MR) is 112 cm³/mol. The Bertz CT molecular complexity index is 971. The molecule has 0 saturated carbocycles. The Hall–Kier alpha value is -3.48. The molecule has 0 aromatic heterocycles. The molecule has 2 aromatic rings. The highest BCUT2D eigenvalue weighted by atomic mass is 16.6. The van der Waals surface area contributed by atoms with Crippen molar-refractivity contribution >= 4 is 28.9 Å². The highest BCUT2D eigenvalue weighted by Gasteiger charge is 2.33. The maximum Gasteiger partial charge on any atom is 0.410 e. The number of nitrogens with two attached hydrogens (primary N) is 1. The number of nitrogens with zero attached hydrogens (tertiary/aromatic N) is 2. The summed E-state index contributed by atoms with van der Waals surface area (Å²) in [7, 11) is 1.76. The van der Waals surface area contributed by atoms with Crippen LogP contribution in [0.25, 0.3) is 5.57 Å². The van der Waals surface area contributed by atoms with Gasteiger partial charge < -0.3 is 25.6 Å². The summed E-state index contributed by atoms with van der Waals surface area (Å²) >= 11 is 0. The summed E-state index contributed by atoms with van der Waals surface area (Å²) in [5.74, 6) is -0.0618. The van der Waals surface area contributed by atoms with Gasteiger partial charge >= 0.3 is 6.09 Å². The van der Waals surface area contributed by atoms with E-state index in [-0.39, 0.29) is 18.6 Å². The molecule has 0 aliphatic carbocycles. The van der Waals surface area contributed by atoms with Gasteiger partial charge in [0, 0.05) is 50.1 Å². The Balaban J connectivity index is 1.48. The molecule has 2 aliphatic heterocycles. The van der Waals surface area contributed by atoms with Crippen LogP contribution in [0.3, 0.4) is 0 Å². The van der Waals surface area contributed by atoms with Crippen LogP contribution in [0, 0.1) is 0 Å². The van der Waals surface area contributed by atoms with Crippen molar-refractivity contribution in [3.8, 4) is 0 Å². The number of hydrogen-bond donors (Lipinski definition) is 2. The molecule has 4 rings (SSSR count). The number of nitrogens with one attached hydrogen (secondary N) is 1. The zero-order valence-electron chi connectivity index (χ0n) is 16.4. The lowest BCUT2D eigenvalue weighted by atomic mass is 10.0. The van der Waals surface area contributed by atoms with E-state index in [1.54, 1.807) is 22.9 Å². The molecule has 2 amide bonds. The number of likely N-dealkylation sites (N-methyl/N-ethyl adjacent to an activating group) is 1. The monoisotopic (exact) mass is 392 g/mol. The van der Waals surface area contributed by atoms with Crippen molar-refractivity contribution in [1.29, 1.82) is 0 Å². The molecule has 7 heteroatoms. The molecule has 0 radical (unpaired) electrons. The van der Waals surface area contributed by atoms with Crippen LogP contribution < -0.4 is 16.0 Å². The van der Waals surface area contributed by atoms with Crippen LogP contribution >= 0.6 is 0 Å². The predicted octanol–water partition coefficient (Wildman–Crippen LogP) is 2.59. The van der Waals surface area contributed by atoms with Gasteiger partial charge in [0.05, 0.1) is 11.3 Å². The summed E-state index contributed by atoms with van der Waals surface area (Å²) in [6, 6.07) is 15.1. The third-order valence-electron chi connectivity index (χ3n) is 5.29. The number of anilines is 2. The van der Waals surface area contributed by atoms with Crippen molar-refractivity contribution in [2.75, 3.05) is 37.3 Å². The van der Waals surface area contributed by atoms with E-state index >= 15 is 0 Å². The van der Waals surface area contributed by atoms with E-state index in [0.717, 1.165) is 22.5 Å². The normalized spacial score (nSPS) is 18.9. The van der Waals surface area contributed by atoms with Gasteiger partial charge in [-0.1, -0.05) is 30.3 Å². The Morgan fingerprint density at radius 3 is 2.76 bits per heavy atom. The molecule has 1 fully saturated rings. The molecule has 0 unspecified atom stereocenters. The van der Waals surface area contributed by atoms with Crippen LogP contribution in [0.15, 0.2) is 54.2 Å². The molecule has 7 nitrogen and oxygen atoms in total. The van der Waals surface area contributed by atoms with Gasteiger partial charge in [0.2, 0.25) is 0 Å². The molecule has 29 heavy (non-hydrogen) atoms. The van der Waals surface area contributed by atoms with Gasteiger partial charge in [0.1, 0.15) is 6.61 Å². The van der Waals surface area contributed by atoms with Gasteiger partial charge in [-0.05, 0) is 23.8 Å². The molecular formula is C22H24N4O3. The minimum Gasteiger partial charge on any atom is -0.445 e. The number of fused-ring (bicyclic) bond motifs is 1. The zero-order chi connectivity index (χ0) is 20.4. The standard InChI is InChI=1S/C22H24N4O3/c1-25-19-8-7-16(23)13-17(19)20(21(25)27)18-9-11-26(12-10-24-18)22(28)29-14-15-5-3-2-4-6-15/h2-8,13,24H,9-12,14,23H2,1H3/b20-18-. The molecule has 2 aromatic carbocycles. The SMILES string of the molecule is CN1C(=O)/C(=C2/CCN(C(=O)OCc3ccccc3)CCN2)c2cc(N)ccc21. The summed E-state index contributed by atoms with van der Waals surface area (Å²) in [6.45, 7) is 1.79. The smallest absolute Gasteiger partial charge is 0.410 e. The van der Waals surface area contributed by atoms with E-state index in [1.807, 2.05) is 42.5 Å². The molecule has 0 spiro atoms. The fourth-order valence-corrected chi connectivity index (χ4v) is 3.73. The first-order valence-electron chi connectivity index (χ1n) is 9.65. The van der Waals surface area contributed by atoms with Crippen LogP contribution in [0.1, 0.15) is 17.5 Å². The lowest BCUT2D eigenvalue weighted by Crippen LogP contribution is -2.34. The first-order valence-corrected chi connectivity index (χ1v) is 9.65. The maximum absolute atomic E-state index is 12.8. The van der Waals surface area contributed by atoms with E-state index in [4.69, 9.17) is 10.5 Å². The number of benzene rings is 2. The third kappa shape index (κ3) is 3.76. The first-order chi connectivity index (χ1) is 14.0. The average molecular weight is 392 g/mol. The Morgan fingerprint density at radius 2 is 1.97 bits per heavy atom. The number of ether oxygens (including phenoxy) is 1. The third-order valence-corrected chi connectivity index (χ3v) is 5.29. The molecule has 1 saturated heterocycles. The summed E-state index contributed by atoms with van der Waals surface area (Å²) < 4.78 is 5.45. The van der Waals surface area contributed by atoms with Crippen LogP contribution in [0.2, 0.25) is 0 Å². The number of amides is 2.